The van der Waals surface area contributed by atoms with Gasteiger partial charge >= 0.3 is 6.18 Å². The molecule has 0 bridgehead atoms. The first-order valence-corrected chi connectivity index (χ1v) is 10.6. The number of benzene rings is 2. The minimum Gasteiger partial charge on any atom is -0.398 e. The van der Waals surface area contributed by atoms with Gasteiger partial charge in [-0.3, -0.25) is 4.79 Å². The van der Waals surface area contributed by atoms with Crippen molar-refractivity contribution < 1.29 is 27.6 Å². The van der Waals surface area contributed by atoms with Crippen molar-refractivity contribution in [3.05, 3.63) is 70.3 Å². The number of rotatable bonds is 7. The number of amides is 1. The Morgan fingerprint density at radius 2 is 1.88 bits per heavy atom. The average molecular weight is 471 g/mol. The second-order valence-electron chi connectivity index (χ2n) is 7.60. The molecule has 0 spiro atoms. The van der Waals surface area contributed by atoms with E-state index in [9.17, 15) is 18.0 Å². The van der Waals surface area contributed by atoms with Gasteiger partial charge in [0.25, 0.3) is 5.91 Å². The molecule has 1 fully saturated rings. The van der Waals surface area contributed by atoms with Crippen LogP contribution in [0.15, 0.2) is 52.8 Å². The Balaban J connectivity index is 1.80. The summed E-state index contributed by atoms with van der Waals surface area (Å²) in [6, 6.07) is 11.1. The molecule has 0 saturated heterocycles. The fourth-order valence-corrected chi connectivity index (χ4v) is 3.35. The Bertz CT molecular complexity index is 1170. The summed E-state index contributed by atoms with van der Waals surface area (Å²) in [5.74, 6) is 5.01. The van der Waals surface area contributed by atoms with E-state index in [2.05, 4.69) is 27.5 Å². The summed E-state index contributed by atoms with van der Waals surface area (Å²) in [4.78, 5) is 22.3. The fraction of sp³-hybridized carbons (Fsp3) is 0.320. The summed E-state index contributed by atoms with van der Waals surface area (Å²) in [5.41, 5.74) is 1.26. The maximum atomic E-state index is 13.5. The number of hydrogen-bond acceptors (Lipinski definition) is 5. The fourth-order valence-electron chi connectivity index (χ4n) is 3.35. The highest BCUT2D eigenvalue weighted by atomic mass is 19.4. The van der Waals surface area contributed by atoms with Gasteiger partial charge in [0.05, 0.1) is 5.56 Å². The molecule has 6 nitrogen and oxygen atoms in total. The summed E-state index contributed by atoms with van der Waals surface area (Å²) in [6.45, 7) is 1.54. The molecule has 0 atom stereocenters. The standard InChI is InChI=1S/C25H24F3N3O3/c1-16(11-14-21-19(17-12-13-17)9-6-10-22(21)25(26,27)28)30-34-15-18-7-4-5-8-20(18)23(31-33-3)24(32)29-2/h4-10,17H,12-13,15H2,1-3H3,(H,29,32)/b30-16+,31-23+. The lowest BCUT2D eigenvalue weighted by molar-refractivity contribution is -0.137. The molecule has 1 aliphatic carbocycles. The Morgan fingerprint density at radius 3 is 2.53 bits per heavy atom. The van der Waals surface area contributed by atoms with Crippen LogP contribution in [-0.2, 0) is 27.3 Å². The molecule has 0 aromatic heterocycles. The van der Waals surface area contributed by atoms with Gasteiger partial charge in [0.2, 0.25) is 0 Å². The number of alkyl halides is 3. The number of nitrogens with one attached hydrogen (secondary N) is 1. The molecule has 3 rings (SSSR count). The number of carbonyl (C=O) groups excluding carboxylic acids is 1. The summed E-state index contributed by atoms with van der Waals surface area (Å²) in [6.07, 6.45) is -2.78. The largest absolute Gasteiger partial charge is 0.417 e. The van der Waals surface area contributed by atoms with E-state index in [1.54, 1.807) is 37.3 Å². The molecular formula is C25H24F3N3O3. The molecule has 0 heterocycles. The molecule has 1 N–H and O–H groups in total. The van der Waals surface area contributed by atoms with Gasteiger partial charge in [-0.05, 0) is 43.2 Å². The molecule has 0 unspecified atom stereocenters. The number of carbonyl (C=O) groups is 1. The zero-order valence-corrected chi connectivity index (χ0v) is 19.0. The van der Waals surface area contributed by atoms with E-state index < -0.39 is 17.6 Å². The van der Waals surface area contributed by atoms with E-state index in [-0.39, 0.29) is 29.5 Å². The number of hydrogen-bond donors (Lipinski definition) is 1. The second kappa shape index (κ2) is 10.9. The van der Waals surface area contributed by atoms with Gasteiger partial charge in [-0.25, -0.2) is 0 Å². The first kappa shape index (κ1) is 24.8. The van der Waals surface area contributed by atoms with Crippen LogP contribution in [0, 0.1) is 11.8 Å². The highest BCUT2D eigenvalue weighted by Gasteiger charge is 2.36. The van der Waals surface area contributed by atoms with E-state index in [0.29, 0.717) is 16.7 Å². The van der Waals surface area contributed by atoms with Gasteiger partial charge < -0.3 is 15.0 Å². The molecule has 1 saturated carbocycles. The zero-order chi connectivity index (χ0) is 24.7. The van der Waals surface area contributed by atoms with Crippen molar-refractivity contribution in [3.63, 3.8) is 0 Å². The number of nitrogens with zero attached hydrogens (tertiary/aromatic N) is 2. The highest BCUT2D eigenvalue weighted by molar-refractivity contribution is 6.45. The van der Waals surface area contributed by atoms with Crippen molar-refractivity contribution in [1.82, 2.24) is 5.32 Å². The van der Waals surface area contributed by atoms with Crippen molar-refractivity contribution in [2.24, 2.45) is 10.3 Å². The van der Waals surface area contributed by atoms with E-state index in [1.807, 2.05) is 0 Å². The van der Waals surface area contributed by atoms with Crippen molar-refractivity contribution >= 4 is 17.3 Å². The number of likely N-dealkylation sites (N-methyl/N-ethyl adjacent to an activating group) is 1. The number of oxime groups is 2. The third-order valence-electron chi connectivity index (χ3n) is 5.11. The van der Waals surface area contributed by atoms with Crippen LogP contribution in [0.5, 0.6) is 0 Å². The van der Waals surface area contributed by atoms with Gasteiger partial charge in [0, 0.05) is 23.7 Å². The lowest BCUT2D eigenvalue weighted by atomic mass is 9.97. The molecule has 1 amide bonds. The van der Waals surface area contributed by atoms with E-state index in [4.69, 9.17) is 9.68 Å². The summed E-state index contributed by atoms with van der Waals surface area (Å²) >= 11 is 0. The quantitative estimate of drug-likeness (QED) is 0.364. The second-order valence-corrected chi connectivity index (χ2v) is 7.60. The maximum absolute atomic E-state index is 13.5. The molecule has 0 radical (unpaired) electrons. The SMILES string of the molecule is CNC(=O)/C(=N/OC)c1ccccc1CO/N=C(\C)C#Cc1c(C2CC2)cccc1C(F)(F)F. The molecular weight excluding hydrogens is 447 g/mol. The van der Waals surface area contributed by atoms with Crippen molar-refractivity contribution in [1.29, 1.82) is 0 Å². The van der Waals surface area contributed by atoms with E-state index >= 15 is 0 Å². The maximum Gasteiger partial charge on any atom is 0.417 e. The van der Waals surface area contributed by atoms with Crippen molar-refractivity contribution in [2.45, 2.75) is 38.5 Å². The minimum absolute atomic E-state index is 0.0107. The summed E-state index contributed by atoms with van der Waals surface area (Å²) in [5, 5.41) is 10.2. The predicted octanol–water partition coefficient (Wildman–Crippen LogP) is 4.62. The van der Waals surface area contributed by atoms with Crippen LogP contribution in [0.2, 0.25) is 0 Å². The van der Waals surface area contributed by atoms with Gasteiger partial charge in [0.1, 0.15) is 19.4 Å². The molecule has 2 aromatic rings. The first-order valence-electron chi connectivity index (χ1n) is 10.6. The molecule has 178 valence electrons. The minimum atomic E-state index is -4.49. The lowest BCUT2D eigenvalue weighted by Gasteiger charge is -2.12. The average Bonchev–Trinajstić information content (AvgIpc) is 3.66. The molecule has 9 heteroatoms. The van der Waals surface area contributed by atoms with E-state index in [0.717, 1.165) is 18.9 Å². The Hall–Kier alpha value is -3.80. The third-order valence-corrected chi connectivity index (χ3v) is 5.11. The topological polar surface area (TPSA) is 72.3 Å². The third kappa shape index (κ3) is 6.16. The summed E-state index contributed by atoms with van der Waals surface area (Å²) < 4.78 is 40.5. The van der Waals surface area contributed by atoms with Gasteiger partial charge in [-0.2, -0.15) is 13.2 Å². The lowest BCUT2D eigenvalue weighted by Crippen LogP contribution is -2.29. The van der Waals surface area contributed by atoms with Gasteiger partial charge in [-0.1, -0.05) is 52.6 Å². The van der Waals surface area contributed by atoms with Crippen LogP contribution in [-0.4, -0.2) is 31.5 Å². The monoisotopic (exact) mass is 471 g/mol. The normalized spacial score (nSPS) is 14.2. The van der Waals surface area contributed by atoms with Crippen LogP contribution < -0.4 is 5.32 Å². The van der Waals surface area contributed by atoms with Gasteiger partial charge in [0.15, 0.2) is 5.71 Å². The molecule has 34 heavy (non-hydrogen) atoms. The predicted molar refractivity (Wildman–Crippen MR) is 122 cm³/mol. The zero-order valence-electron chi connectivity index (χ0n) is 19.0. The molecule has 1 aliphatic rings. The van der Waals surface area contributed by atoms with E-state index in [1.165, 1.54) is 20.2 Å². The van der Waals surface area contributed by atoms with Crippen LogP contribution in [0.1, 0.15) is 53.5 Å². The van der Waals surface area contributed by atoms with Crippen LogP contribution in [0.4, 0.5) is 13.2 Å². The Kier molecular flexibility index (Phi) is 7.95. The summed E-state index contributed by atoms with van der Waals surface area (Å²) in [7, 11) is 2.81. The first-order chi connectivity index (χ1) is 16.3. The highest BCUT2D eigenvalue weighted by Crippen LogP contribution is 2.44. The Labute approximate surface area is 195 Å². The molecule has 0 aliphatic heterocycles. The smallest absolute Gasteiger partial charge is 0.398 e. The van der Waals surface area contributed by atoms with Crippen LogP contribution in [0.3, 0.4) is 0 Å². The Morgan fingerprint density at radius 1 is 1.15 bits per heavy atom. The van der Waals surface area contributed by atoms with Crippen molar-refractivity contribution in [3.8, 4) is 11.8 Å². The van der Waals surface area contributed by atoms with Crippen LogP contribution >= 0.6 is 0 Å². The molecule has 2 aromatic carbocycles. The number of halogens is 3. The van der Waals surface area contributed by atoms with Gasteiger partial charge in [-0.15, -0.1) is 0 Å². The van der Waals surface area contributed by atoms with Crippen molar-refractivity contribution in [2.75, 3.05) is 14.2 Å². The van der Waals surface area contributed by atoms with Crippen LogP contribution in [0.25, 0.3) is 0 Å².